The number of hydrogen-bond donors (Lipinski definition) is 1. The number of carbonyl (C=O) groups excluding carboxylic acids is 3. The molecular weight excluding hydrogens is 290 g/mol. The summed E-state index contributed by atoms with van der Waals surface area (Å²) < 4.78 is 14.9. The Kier molecular flexibility index (Phi) is 4.27. The molecule has 1 aromatic carbocycles. The van der Waals surface area contributed by atoms with E-state index in [0.717, 1.165) is 6.08 Å². The smallest absolute Gasteiger partial charge is 0.342 e. The molecule has 0 radical (unpaired) electrons. The Morgan fingerprint density at radius 1 is 1.27 bits per heavy atom. The predicted octanol–water partition coefficient (Wildman–Crippen LogP) is 0.986. The Morgan fingerprint density at radius 2 is 1.95 bits per heavy atom. The van der Waals surface area contributed by atoms with Crippen LogP contribution < -0.4 is 10.5 Å². The van der Waals surface area contributed by atoms with Crippen molar-refractivity contribution in [3.8, 4) is 5.75 Å². The van der Waals surface area contributed by atoms with Crippen molar-refractivity contribution in [2.75, 3.05) is 21.0 Å². The first-order chi connectivity index (χ1) is 10.4. The average Bonchev–Trinajstić information content (AvgIpc) is 2.49. The van der Waals surface area contributed by atoms with Crippen LogP contribution in [0.4, 0.5) is 0 Å². The lowest BCUT2D eigenvalue weighted by Gasteiger charge is -2.20. The number of fused-ring (bicyclic) bond motifs is 1. The van der Waals surface area contributed by atoms with E-state index in [1.165, 1.54) is 20.3 Å². The topological polar surface area (TPSA) is 105 Å². The number of ether oxygens (including phenoxy) is 3. The molecule has 0 unspecified atom stereocenters. The number of benzene rings is 1. The number of allylic oxidation sites excluding steroid dienone is 2. The summed E-state index contributed by atoms with van der Waals surface area (Å²) >= 11 is 0. The second kappa shape index (κ2) is 5.98. The van der Waals surface area contributed by atoms with Crippen molar-refractivity contribution in [3.63, 3.8) is 0 Å². The van der Waals surface area contributed by atoms with Crippen LogP contribution >= 0.6 is 0 Å². The lowest BCUT2D eigenvalue weighted by Crippen LogP contribution is -2.25. The summed E-state index contributed by atoms with van der Waals surface area (Å²) in [5.74, 6) is -1.69. The van der Waals surface area contributed by atoms with Crippen molar-refractivity contribution >= 4 is 17.5 Å². The molecule has 0 bridgehead atoms. The number of carbonyl (C=O) groups is 3. The minimum atomic E-state index is -0.777. The third-order valence-electron chi connectivity index (χ3n) is 3.22. The Morgan fingerprint density at radius 3 is 2.55 bits per heavy atom. The van der Waals surface area contributed by atoms with Crippen molar-refractivity contribution in [3.05, 3.63) is 40.1 Å². The van der Waals surface area contributed by atoms with Crippen LogP contribution in [0.1, 0.15) is 36.6 Å². The van der Waals surface area contributed by atoms with Crippen molar-refractivity contribution in [1.82, 2.24) is 0 Å². The number of ketones is 2. The van der Waals surface area contributed by atoms with Crippen LogP contribution in [0.5, 0.6) is 5.75 Å². The molecule has 7 heteroatoms. The fourth-order valence-corrected chi connectivity index (χ4v) is 2.27. The van der Waals surface area contributed by atoms with Gasteiger partial charge in [-0.2, -0.15) is 0 Å². The van der Waals surface area contributed by atoms with E-state index in [1.54, 1.807) is 6.92 Å². The molecule has 0 heterocycles. The number of hydrogen-bond acceptors (Lipinski definition) is 7. The van der Waals surface area contributed by atoms with Crippen LogP contribution in [0, 0.1) is 6.92 Å². The lowest BCUT2D eigenvalue weighted by molar-refractivity contribution is 0.0458. The molecular formula is C15H15NO6. The van der Waals surface area contributed by atoms with E-state index in [9.17, 15) is 14.4 Å². The first-order valence-corrected chi connectivity index (χ1v) is 6.36. The molecule has 0 fully saturated rings. The first-order valence-electron chi connectivity index (χ1n) is 6.36. The standard InChI is InChI=1S/C15H15NO6/c1-7-4-8-11(10(17)5-9(16)13(8)18)12(15(19)21-3)14(7)22-6-20-2/h4-5H,6,16H2,1-3H3. The van der Waals surface area contributed by atoms with Gasteiger partial charge in [-0.15, -0.1) is 0 Å². The maximum atomic E-state index is 12.2. The SMILES string of the molecule is COCOc1c(C)cc2c(c1C(=O)OC)C(=O)C=C(N)C2=O. The highest BCUT2D eigenvalue weighted by molar-refractivity contribution is 6.27. The number of rotatable bonds is 4. The molecule has 2 N–H and O–H groups in total. The number of esters is 1. The van der Waals surface area contributed by atoms with E-state index >= 15 is 0 Å². The van der Waals surface area contributed by atoms with Crippen LogP contribution in [0.15, 0.2) is 17.8 Å². The van der Waals surface area contributed by atoms with Crippen molar-refractivity contribution < 1.29 is 28.6 Å². The zero-order valence-corrected chi connectivity index (χ0v) is 12.4. The minimum Gasteiger partial charge on any atom is -0.466 e. The fraction of sp³-hybridized carbons (Fsp3) is 0.267. The molecule has 0 aromatic heterocycles. The predicted molar refractivity (Wildman–Crippen MR) is 76.0 cm³/mol. The molecule has 22 heavy (non-hydrogen) atoms. The lowest BCUT2D eigenvalue weighted by atomic mass is 9.86. The third kappa shape index (κ3) is 2.46. The number of Topliss-reactive ketones (excluding diaryl/α,β-unsaturated/α-hetero) is 1. The third-order valence-corrected chi connectivity index (χ3v) is 3.22. The molecule has 1 aliphatic carbocycles. The van der Waals surface area contributed by atoms with E-state index in [2.05, 4.69) is 0 Å². The normalized spacial score (nSPS) is 13.5. The molecule has 1 aliphatic rings. The molecule has 1 aromatic rings. The first kappa shape index (κ1) is 15.7. The summed E-state index contributed by atoms with van der Waals surface area (Å²) in [4.78, 5) is 36.5. The van der Waals surface area contributed by atoms with Gasteiger partial charge in [0.1, 0.15) is 11.3 Å². The maximum absolute atomic E-state index is 12.2. The van der Waals surface area contributed by atoms with Gasteiger partial charge in [-0.1, -0.05) is 0 Å². The fourth-order valence-electron chi connectivity index (χ4n) is 2.27. The molecule has 0 saturated carbocycles. The minimum absolute atomic E-state index is 0.0627. The summed E-state index contributed by atoms with van der Waals surface area (Å²) in [6, 6.07) is 1.47. The number of nitrogens with two attached hydrogens (primary N) is 1. The largest absolute Gasteiger partial charge is 0.466 e. The van der Waals surface area contributed by atoms with Gasteiger partial charge in [0, 0.05) is 18.7 Å². The van der Waals surface area contributed by atoms with Crippen molar-refractivity contribution in [1.29, 1.82) is 0 Å². The second-order valence-corrected chi connectivity index (χ2v) is 4.66. The molecule has 0 amide bonds. The highest BCUT2D eigenvalue weighted by atomic mass is 16.7. The van der Waals surface area contributed by atoms with E-state index in [-0.39, 0.29) is 34.9 Å². The maximum Gasteiger partial charge on any atom is 0.342 e. The van der Waals surface area contributed by atoms with Crippen LogP contribution in [0.3, 0.4) is 0 Å². The highest BCUT2D eigenvalue weighted by Crippen LogP contribution is 2.34. The highest BCUT2D eigenvalue weighted by Gasteiger charge is 2.33. The van der Waals surface area contributed by atoms with E-state index in [1.807, 2.05) is 0 Å². The van der Waals surface area contributed by atoms with Crippen molar-refractivity contribution in [2.24, 2.45) is 5.73 Å². The molecule has 0 saturated heterocycles. The van der Waals surface area contributed by atoms with Gasteiger partial charge in [0.2, 0.25) is 5.78 Å². The van der Waals surface area contributed by atoms with Gasteiger partial charge in [0.15, 0.2) is 12.6 Å². The summed E-state index contributed by atoms with van der Waals surface area (Å²) in [6.07, 6.45) is 0.993. The Hall–Kier alpha value is -2.67. The van der Waals surface area contributed by atoms with Gasteiger partial charge in [0.05, 0.1) is 18.4 Å². The van der Waals surface area contributed by atoms with Gasteiger partial charge >= 0.3 is 5.97 Å². The Labute approximate surface area is 126 Å². The average molecular weight is 305 g/mol. The number of aryl methyl sites for hydroxylation is 1. The van der Waals surface area contributed by atoms with Crippen LogP contribution in [0.25, 0.3) is 0 Å². The summed E-state index contributed by atoms with van der Waals surface area (Å²) in [5, 5.41) is 0. The van der Waals surface area contributed by atoms with Crippen LogP contribution in [0.2, 0.25) is 0 Å². The Balaban J connectivity index is 2.77. The summed E-state index contributed by atoms with van der Waals surface area (Å²) in [6.45, 7) is 1.52. The second-order valence-electron chi connectivity index (χ2n) is 4.66. The van der Waals surface area contributed by atoms with Crippen LogP contribution in [-0.2, 0) is 9.47 Å². The Bertz CT molecular complexity index is 704. The zero-order chi connectivity index (χ0) is 16.4. The van der Waals surface area contributed by atoms with Gasteiger partial charge in [-0.05, 0) is 18.6 Å². The molecule has 2 rings (SSSR count). The molecule has 116 valence electrons. The quantitative estimate of drug-likeness (QED) is 0.653. The van der Waals surface area contributed by atoms with E-state index in [4.69, 9.17) is 19.9 Å². The van der Waals surface area contributed by atoms with Gasteiger partial charge < -0.3 is 19.9 Å². The molecule has 7 nitrogen and oxygen atoms in total. The summed E-state index contributed by atoms with van der Waals surface area (Å²) in [5.41, 5.74) is 5.75. The molecule has 0 spiro atoms. The van der Waals surface area contributed by atoms with Gasteiger partial charge in [-0.25, -0.2) is 4.79 Å². The van der Waals surface area contributed by atoms with E-state index < -0.39 is 17.5 Å². The van der Waals surface area contributed by atoms with Gasteiger partial charge in [-0.3, -0.25) is 9.59 Å². The summed E-state index contributed by atoms with van der Waals surface area (Å²) in [7, 11) is 2.60. The molecule has 0 atom stereocenters. The van der Waals surface area contributed by atoms with Crippen molar-refractivity contribution in [2.45, 2.75) is 6.92 Å². The van der Waals surface area contributed by atoms with E-state index in [0.29, 0.717) is 5.56 Å². The van der Waals surface area contributed by atoms with Crippen LogP contribution in [-0.4, -0.2) is 38.5 Å². The van der Waals surface area contributed by atoms with Gasteiger partial charge in [0.25, 0.3) is 0 Å². The number of methoxy groups -OCH3 is 2. The monoisotopic (exact) mass is 305 g/mol. The zero-order valence-electron chi connectivity index (χ0n) is 12.4. The molecule has 0 aliphatic heterocycles.